The first-order valence-corrected chi connectivity index (χ1v) is 21.0. The number of rotatable bonds is 18. The topological polar surface area (TPSA) is 236 Å². The van der Waals surface area contributed by atoms with Crippen LogP contribution in [0, 0.1) is 0 Å². The number of imidazole rings is 2. The van der Waals surface area contributed by atoms with E-state index in [1.165, 1.54) is 11.8 Å². The first kappa shape index (κ1) is 41.8. The number of piperazine rings is 1. The van der Waals surface area contributed by atoms with Gasteiger partial charge in [-0.05, 0) is 100 Å². The lowest BCUT2D eigenvalue weighted by atomic mass is 10.2. The van der Waals surface area contributed by atoms with Gasteiger partial charge < -0.3 is 61.5 Å². The van der Waals surface area contributed by atoms with Gasteiger partial charge in [-0.1, -0.05) is 12.1 Å². The SMILES string of the molecule is CN1CCN(c2ccc3nc(-c4ccc5nc(-c6cccc(OCCCC(=O)Nc7cc(C(=O)Nc8cc(C(N)=O)n(CCCN)c8)n(CCCN)c7)c6)[nH]c5c4)[nH]c3c2)CC1. The number of nitrogens with two attached hydrogens (primary N) is 3. The van der Waals surface area contributed by atoms with Crippen LogP contribution in [0.5, 0.6) is 5.75 Å². The normalized spacial score (nSPS) is 13.2. The van der Waals surface area contributed by atoms with E-state index in [1.807, 2.05) is 36.4 Å². The number of amides is 3. The van der Waals surface area contributed by atoms with Crippen molar-refractivity contribution in [2.45, 2.75) is 38.8 Å². The molecule has 0 aliphatic carbocycles. The van der Waals surface area contributed by atoms with Gasteiger partial charge in [0.05, 0.1) is 40.0 Å². The summed E-state index contributed by atoms with van der Waals surface area (Å²) in [5.41, 5.74) is 25.2. The molecule has 0 spiro atoms. The number of anilines is 3. The van der Waals surface area contributed by atoms with Crippen molar-refractivity contribution < 1.29 is 19.1 Å². The number of carbonyl (C=O) groups excluding carboxylic acids is 3. The molecule has 1 aliphatic heterocycles. The predicted octanol–water partition coefficient (Wildman–Crippen LogP) is 4.97. The molecule has 0 atom stereocenters. The standard InChI is InChI=1S/C45H53N13O4/c1-55-17-19-56(20-18-55)33-10-12-36-38(26-33)54-44(52-36)30-9-11-35-37(23-30)53-43(51-35)29-6-2-7-34(22-29)62-21-3-8-41(59)49-31-25-40(58(27-31)16-5-14-47)45(61)50-32-24-39(42(48)60)57(28-32)15-4-13-46/h2,6-7,9-12,22-28H,3-5,8,13-21,46-47H2,1H3,(H2,48,60)(H,49,59)(H,50,61)(H,51,53)(H,52,54). The monoisotopic (exact) mass is 839 g/mol. The Morgan fingerprint density at radius 3 is 2.05 bits per heavy atom. The van der Waals surface area contributed by atoms with E-state index >= 15 is 0 Å². The lowest BCUT2D eigenvalue weighted by molar-refractivity contribution is -0.116. The van der Waals surface area contributed by atoms with Gasteiger partial charge in [0.25, 0.3) is 11.8 Å². The molecular formula is C45H53N13O4. The Bertz CT molecular complexity index is 2700. The second-order valence-corrected chi connectivity index (χ2v) is 15.6. The molecule has 8 rings (SSSR count). The third kappa shape index (κ3) is 9.65. The zero-order valence-corrected chi connectivity index (χ0v) is 34.8. The lowest BCUT2D eigenvalue weighted by Gasteiger charge is -2.34. The molecule has 0 bridgehead atoms. The number of fused-ring (bicyclic) bond motifs is 2. The van der Waals surface area contributed by atoms with Crippen molar-refractivity contribution in [3.63, 3.8) is 0 Å². The molecule has 7 aromatic rings. The highest BCUT2D eigenvalue weighted by Crippen LogP contribution is 2.29. The van der Waals surface area contributed by atoms with Crippen molar-refractivity contribution in [1.29, 1.82) is 0 Å². The van der Waals surface area contributed by atoms with E-state index in [2.05, 4.69) is 61.7 Å². The third-order valence-corrected chi connectivity index (χ3v) is 11.0. The molecule has 0 unspecified atom stereocenters. The molecule has 0 radical (unpaired) electrons. The highest BCUT2D eigenvalue weighted by Gasteiger charge is 2.19. The Labute approximate surface area is 358 Å². The summed E-state index contributed by atoms with van der Waals surface area (Å²) in [6.45, 7) is 6.27. The summed E-state index contributed by atoms with van der Waals surface area (Å²) in [7, 11) is 2.16. The molecule has 0 saturated carbocycles. The number of aromatic nitrogens is 6. The van der Waals surface area contributed by atoms with E-state index in [0.29, 0.717) is 80.7 Å². The van der Waals surface area contributed by atoms with Gasteiger partial charge in [0.2, 0.25) is 5.91 Å². The number of nitrogens with one attached hydrogen (secondary N) is 4. The van der Waals surface area contributed by atoms with Gasteiger partial charge in [0, 0.05) is 74.9 Å². The molecule has 1 aliphatic rings. The number of primary amides is 1. The fraction of sp³-hybridized carbons (Fsp3) is 0.311. The maximum atomic E-state index is 13.4. The second-order valence-electron chi connectivity index (χ2n) is 15.6. The minimum atomic E-state index is -0.606. The Hall–Kier alpha value is -6.95. The van der Waals surface area contributed by atoms with Crippen molar-refractivity contribution in [3.8, 4) is 28.5 Å². The second kappa shape index (κ2) is 18.8. The molecule has 10 N–H and O–H groups in total. The van der Waals surface area contributed by atoms with E-state index in [1.54, 1.807) is 27.6 Å². The Morgan fingerprint density at radius 2 is 1.35 bits per heavy atom. The van der Waals surface area contributed by atoms with Gasteiger partial charge in [-0.2, -0.15) is 0 Å². The maximum Gasteiger partial charge on any atom is 0.272 e. The molecule has 4 aromatic heterocycles. The number of aryl methyl sites for hydroxylation is 2. The van der Waals surface area contributed by atoms with Crippen LogP contribution in [0.1, 0.15) is 46.7 Å². The van der Waals surface area contributed by atoms with Crippen molar-refractivity contribution in [1.82, 2.24) is 34.0 Å². The van der Waals surface area contributed by atoms with E-state index in [9.17, 15) is 14.4 Å². The summed E-state index contributed by atoms with van der Waals surface area (Å²) in [6, 6.07) is 23.4. The predicted molar refractivity (Wildman–Crippen MR) is 242 cm³/mol. The van der Waals surface area contributed by atoms with Gasteiger partial charge in [-0.3, -0.25) is 14.4 Å². The van der Waals surface area contributed by atoms with Crippen LogP contribution in [0.15, 0.2) is 85.2 Å². The van der Waals surface area contributed by atoms with Crippen molar-refractivity contribution in [3.05, 3.63) is 96.6 Å². The van der Waals surface area contributed by atoms with Crippen LogP contribution < -0.4 is 37.5 Å². The summed E-state index contributed by atoms with van der Waals surface area (Å²) >= 11 is 0. The number of hydrogen-bond donors (Lipinski definition) is 7. The van der Waals surface area contributed by atoms with E-state index in [0.717, 1.165) is 65.2 Å². The van der Waals surface area contributed by atoms with E-state index < -0.39 is 11.8 Å². The first-order valence-electron chi connectivity index (χ1n) is 21.0. The number of likely N-dealkylation sites (N-methyl/N-ethyl adjacent to an activating group) is 1. The van der Waals surface area contributed by atoms with Crippen LogP contribution in [0.3, 0.4) is 0 Å². The zero-order chi connectivity index (χ0) is 43.2. The molecule has 17 heteroatoms. The Balaban J connectivity index is 0.856. The average molecular weight is 840 g/mol. The van der Waals surface area contributed by atoms with E-state index in [-0.39, 0.29) is 18.0 Å². The lowest BCUT2D eigenvalue weighted by Crippen LogP contribution is -2.44. The molecule has 1 fully saturated rings. The Kier molecular flexibility index (Phi) is 12.6. The molecule has 17 nitrogen and oxygen atoms in total. The van der Waals surface area contributed by atoms with Crippen molar-refractivity contribution in [2.24, 2.45) is 17.2 Å². The summed E-state index contributed by atoms with van der Waals surface area (Å²) in [5, 5.41) is 5.75. The first-order chi connectivity index (χ1) is 30.1. The van der Waals surface area contributed by atoms with Gasteiger partial charge in [-0.25, -0.2) is 9.97 Å². The number of hydrogen-bond acceptors (Lipinski definition) is 10. The summed E-state index contributed by atoms with van der Waals surface area (Å²) < 4.78 is 9.48. The number of H-pyrrole nitrogens is 2. The van der Waals surface area contributed by atoms with E-state index in [4.69, 9.17) is 31.9 Å². The Morgan fingerprint density at radius 1 is 0.726 bits per heavy atom. The van der Waals surface area contributed by atoms with Gasteiger partial charge in [-0.15, -0.1) is 0 Å². The molecular weight excluding hydrogens is 787 g/mol. The number of benzene rings is 3. The number of carbonyl (C=O) groups is 3. The van der Waals surface area contributed by atoms with Crippen LogP contribution in [0.4, 0.5) is 17.1 Å². The minimum absolute atomic E-state index is 0.204. The van der Waals surface area contributed by atoms with Crippen LogP contribution in [0.2, 0.25) is 0 Å². The molecule has 5 heterocycles. The van der Waals surface area contributed by atoms with Crippen LogP contribution in [0.25, 0.3) is 44.8 Å². The number of ether oxygens (including phenoxy) is 1. The molecule has 322 valence electrons. The smallest absolute Gasteiger partial charge is 0.272 e. The fourth-order valence-electron chi connectivity index (χ4n) is 7.71. The quantitative estimate of drug-likeness (QED) is 0.0573. The molecule has 1 saturated heterocycles. The third-order valence-electron chi connectivity index (χ3n) is 11.0. The summed E-state index contributed by atoms with van der Waals surface area (Å²) in [5.74, 6) is 0.947. The highest BCUT2D eigenvalue weighted by atomic mass is 16.5. The van der Waals surface area contributed by atoms with Gasteiger partial charge >= 0.3 is 0 Å². The minimum Gasteiger partial charge on any atom is -0.494 e. The average Bonchev–Trinajstić information content (AvgIpc) is 4.08. The van der Waals surface area contributed by atoms with Crippen LogP contribution in [-0.4, -0.2) is 105 Å². The maximum absolute atomic E-state index is 13.4. The number of nitrogens with zero attached hydrogens (tertiary/aromatic N) is 6. The molecule has 62 heavy (non-hydrogen) atoms. The van der Waals surface area contributed by atoms with Gasteiger partial charge in [0.15, 0.2) is 0 Å². The zero-order valence-electron chi connectivity index (χ0n) is 34.8. The van der Waals surface area contributed by atoms with Crippen LogP contribution in [-0.2, 0) is 17.9 Å². The van der Waals surface area contributed by atoms with Crippen LogP contribution >= 0.6 is 0 Å². The molecule has 3 aromatic carbocycles. The van der Waals surface area contributed by atoms with Gasteiger partial charge in [0.1, 0.15) is 28.8 Å². The van der Waals surface area contributed by atoms with Crippen molar-refractivity contribution >= 4 is 56.9 Å². The summed E-state index contributed by atoms with van der Waals surface area (Å²) in [4.78, 5) is 59.9. The largest absolute Gasteiger partial charge is 0.494 e. The highest BCUT2D eigenvalue weighted by molar-refractivity contribution is 6.05. The number of aromatic amines is 2. The van der Waals surface area contributed by atoms with Crippen molar-refractivity contribution in [2.75, 3.05) is 68.5 Å². The summed E-state index contributed by atoms with van der Waals surface area (Å²) in [6.07, 6.45) is 5.31. The molecule has 3 amide bonds. The fourth-order valence-corrected chi connectivity index (χ4v) is 7.71.